The fourth-order valence-corrected chi connectivity index (χ4v) is 2.04. The first-order valence-corrected chi connectivity index (χ1v) is 4.63. The highest BCUT2D eigenvalue weighted by Gasteiger charge is 2.08. The zero-order valence-corrected chi connectivity index (χ0v) is 8.03. The fraction of sp³-hybridized carbons (Fsp3) is 0.625. The molecule has 0 aromatic carbocycles. The maximum absolute atomic E-state index is 5.48. The highest BCUT2D eigenvalue weighted by molar-refractivity contribution is 7.11. The van der Waals surface area contributed by atoms with Crippen molar-refractivity contribution in [1.82, 2.24) is 4.98 Å². The van der Waals surface area contributed by atoms with E-state index in [1.807, 2.05) is 6.92 Å². The highest BCUT2D eigenvalue weighted by Crippen LogP contribution is 2.25. The number of aromatic nitrogens is 1. The van der Waals surface area contributed by atoms with E-state index in [4.69, 9.17) is 5.73 Å². The molecule has 3 heteroatoms. The van der Waals surface area contributed by atoms with Gasteiger partial charge in [-0.15, -0.1) is 11.3 Å². The minimum atomic E-state index is 0.568. The fourth-order valence-electron chi connectivity index (χ4n) is 1.09. The third-order valence-corrected chi connectivity index (χ3v) is 3.06. The minimum Gasteiger partial charge on any atom is -0.325 e. The lowest BCUT2D eigenvalue weighted by molar-refractivity contribution is 0.871. The minimum absolute atomic E-state index is 0.568. The predicted octanol–water partition coefficient (Wildman–Crippen LogP) is 2.03. The molecule has 0 unspecified atom stereocenters. The Morgan fingerprint density at radius 1 is 1.55 bits per heavy atom. The van der Waals surface area contributed by atoms with Crippen LogP contribution in [0.2, 0.25) is 0 Å². The molecule has 1 aromatic heterocycles. The second-order valence-corrected chi connectivity index (χ2v) is 4.03. The number of nitrogens with two attached hydrogens (primary N) is 1. The Kier molecular flexibility index (Phi) is 2.62. The first kappa shape index (κ1) is 8.68. The molecule has 0 aliphatic carbocycles. The lowest BCUT2D eigenvalue weighted by Gasteiger charge is -1.99. The Labute approximate surface area is 71.5 Å². The van der Waals surface area contributed by atoms with Crippen LogP contribution in [0.15, 0.2) is 0 Å². The molecular weight excluding hydrogens is 156 g/mol. The summed E-state index contributed by atoms with van der Waals surface area (Å²) in [6.45, 7) is 6.98. The van der Waals surface area contributed by atoms with E-state index in [9.17, 15) is 0 Å². The molecule has 1 rings (SSSR count). The number of nitrogens with zero attached hydrogens (tertiary/aromatic N) is 1. The molecule has 2 N–H and O–H groups in total. The Bertz CT molecular complexity index is 240. The maximum Gasteiger partial charge on any atom is 0.107 e. The Morgan fingerprint density at radius 2 is 2.18 bits per heavy atom. The summed E-state index contributed by atoms with van der Waals surface area (Å²) in [5.74, 6) is 0.577. The van der Waals surface area contributed by atoms with Gasteiger partial charge in [0.15, 0.2) is 0 Å². The van der Waals surface area contributed by atoms with Crippen molar-refractivity contribution in [3.63, 3.8) is 0 Å². The van der Waals surface area contributed by atoms with E-state index in [2.05, 4.69) is 18.8 Å². The Hall–Kier alpha value is -0.410. The number of thiazole rings is 1. The van der Waals surface area contributed by atoms with Crippen molar-refractivity contribution in [2.45, 2.75) is 33.2 Å². The van der Waals surface area contributed by atoms with Crippen LogP contribution in [-0.2, 0) is 6.54 Å². The van der Waals surface area contributed by atoms with E-state index in [1.54, 1.807) is 11.3 Å². The molecule has 11 heavy (non-hydrogen) atoms. The van der Waals surface area contributed by atoms with Crippen LogP contribution in [0.3, 0.4) is 0 Å². The van der Waals surface area contributed by atoms with E-state index in [0.29, 0.717) is 12.5 Å². The van der Waals surface area contributed by atoms with E-state index in [-0.39, 0.29) is 0 Å². The van der Waals surface area contributed by atoms with Crippen LogP contribution < -0.4 is 5.73 Å². The SMILES string of the molecule is Cc1nc(CN)sc1C(C)C. The van der Waals surface area contributed by atoms with Gasteiger partial charge in [0.1, 0.15) is 5.01 Å². The average molecular weight is 170 g/mol. The first-order valence-electron chi connectivity index (χ1n) is 3.81. The molecule has 0 saturated carbocycles. The zero-order valence-electron chi connectivity index (χ0n) is 7.22. The summed E-state index contributed by atoms with van der Waals surface area (Å²) in [5.41, 5.74) is 6.62. The van der Waals surface area contributed by atoms with Crippen LogP contribution in [0.4, 0.5) is 0 Å². The monoisotopic (exact) mass is 170 g/mol. The quantitative estimate of drug-likeness (QED) is 0.737. The third-order valence-electron chi connectivity index (χ3n) is 1.58. The van der Waals surface area contributed by atoms with Crippen LogP contribution in [0.5, 0.6) is 0 Å². The Balaban J connectivity index is 2.97. The van der Waals surface area contributed by atoms with Crippen LogP contribution >= 0.6 is 11.3 Å². The second-order valence-electron chi connectivity index (χ2n) is 2.92. The summed E-state index contributed by atoms with van der Waals surface area (Å²) in [7, 11) is 0. The van der Waals surface area contributed by atoms with Crippen molar-refractivity contribution < 1.29 is 0 Å². The topological polar surface area (TPSA) is 38.9 Å². The van der Waals surface area contributed by atoms with Crippen molar-refractivity contribution >= 4 is 11.3 Å². The number of rotatable bonds is 2. The van der Waals surface area contributed by atoms with Gasteiger partial charge >= 0.3 is 0 Å². The van der Waals surface area contributed by atoms with Gasteiger partial charge in [-0.2, -0.15) is 0 Å². The molecule has 2 nitrogen and oxygen atoms in total. The summed E-state index contributed by atoms with van der Waals surface area (Å²) in [4.78, 5) is 5.71. The van der Waals surface area contributed by atoms with Gasteiger partial charge in [-0.05, 0) is 12.8 Å². The molecule has 0 fully saturated rings. The van der Waals surface area contributed by atoms with Gasteiger partial charge < -0.3 is 5.73 Å². The first-order chi connectivity index (χ1) is 5.15. The molecular formula is C8H14N2S. The van der Waals surface area contributed by atoms with E-state index >= 15 is 0 Å². The highest BCUT2D eigenvalue weighted by atomic mass is 32.1. The van der Waals surface area contributed by atoms with Crippen molar-refractivity contribution in [2.24, 2.45) is 5.73 Å². The van der Waals surface area contributed by atoms with Crippen molar-refractivity contribution in [2.75, 3.05) is 0 Å². The van der Waals surface area contributed by atoms with Crippen LogP contribution in [0, 0.1) is 6.92 Å². The molecule has 0 radical (unpaired) electrons. The number of hydrogen-bond acceptors (Lipinski definition) is 3. The van der Waals surface area contributed by atoms with E-state index in [0.717, 1.165) is 10.7 Å². The summed E-state index contributed by atoms with van der Waals surface area (Å²) in [5, 5.41) is 1.05. The standard InChI is InChI=1S/C8H14N2S/c1-5(2)8-6(3)10-7(4-9)11-8/h5H,4,9H2,1-3H3. The van der Waals surface area contributed by atoms with Crippen molar-refractivity contribution in [3.05, 3.63) is 15.6 Å². The molecule has 1 aromatic rings. The third kappa shape index (κ3) is 1.79. The lowest BCUT2D eigenvalue weighted by atomic mass is 10.1. The largest absolute Gasteiger partial charge is 0.325 e. The smallest absolute Gasteiger partial charge is 0.107 e. The van der Waals surface area contributed by atoms with E-state index in [1.165, 1.54) is 4.88 Å². The van der Waals surface area contributed by atoms with Gasteiger partial charge in [0.2, 0.25) is 0 Å². The molecule has 1 heterocycles. The van der Waals surface area contributed by atoms with Crippen LogP contribution in [0.25, 0.3) is 0 Å². The molecule has 0 amide bonds. The summed E-state index contributed by atoms with van der Waals surface area (Å²) in [6.07, 6.45) is 0. The second kappa shape index (κ2) is 3.32. The van der Waals surface area contributed by atoms with Crippen LogP contribution in [-0.4, -0.2) is 4.98 Å². The van der Waals surface area contributed by atoms with Gasteiger partial charge in [-0.3, -0.25) is 0 Å². The predicted molar refractivity (Wildman–Crippen MR) is 48.8 cm³/mol. The summed E-state index contributed by atoms with van der Waals surface area (Å²) >= 11 is 1.73. The molecule has 0 aliphatic heterocycles. The summed E-state index contributed by atoms with van der Waals surface area (Å²) < 4.78 is 0. The van der Waals surface area contributed by atoms with E-state index < -0.39 is 0 Å². The van der Waals surface area contributed by atoms with Crippen molar-refractivity contribution in [1.29, 1.82) is 0 Å². The molecule has 0 aliphatic rings. The molecule has 0 bridgehead atoms. The molecule has 0 saturated heterocycles. The Morgan fingerprint density at radius 3 is 2.45 bits per heavy atom. The normalized spacial score (nSPS) is 11.0. The molecule has 62 valence electrons. The zero-order chi connectivity index (χ0) is 8.43. The van der Waals surface area contributed by atoms with Crippen LogP contribution in [0.1, 0.15) is 35.3 Å². The lowest BCUT2D eigenvalue weighted by Crippen LogP contribution is -1.94. The molecule has 0 spiro atoms. The number of aryl methyl sites for hydroxylation is 1. The molecule has 0 atom stereocenters. The van der Waals surface area contributed by atoms with Gasteiger partial charge in [-0.1, -0.05) is 13.8 Å². The maximum atomic E-state index is 5.48. The van der Waals surface area contributed by atoms with Gasteiger partial charge in [0, 0.05) is 11.4 Å². The van der Waals surface area contributed by atoms with Crippen molar-refractivity contribution in [3.8, 4) is 0 Å². The number of hydrogen-bond donors (Lipinski definition) is 1. The summed E-state index contributed by atoms with van der Waals surface area (Å²) in [6, 6.07) is 0. The van der Waals surface area contributed by atoms with Gasteiger partial charge in [0.25, 0.3) is 0 Å². The average Bonchev–Trinajstić information content (AvgIpc) is 2.30. The van der Waals surface area contributed by atoms with Gasteiger partial charge in [0.05, 0.1) is 5.69 Å². The van der Waals surface area contributed by atoms with Gasteiger partial charge in [-0.25, -0.2) is 4.98 Å².